The number of aromatic amines is 3. The first-order chi connectivity index (χ1) is 51.1. The van der Waals surface area contributed by atoms with Gasteiger partial charge in [0.15, 0.2) is 0 Å². The molecule has 6 amide bonds. The number of imidazole rings is 3. The molecule has 21 heteroatoms. The number of anilines is 3. The van der Waals surface area contributed by atoms with E-state index in [0.29, 0.717) is 89.3 Å². The van der Waals surface area contributed by atoms with Crippen LogP contribution in [0.3, 0.4) is 0 Å². The molecule has 4 saturated carbocycles. The molecule has 3 heterocycles. The molecule has 0 radical (unpaired) electrons. The van der Waals surface area contributed by atoms with E-state index in [-0.39, 0.29) is 47.5 Å². The van der Waals surface area contributed by atoms with Gasteiger partial charge in [-0.3, -0.25) is 28.8 Å². The van der Waals surface area contributed by atoms with Gasteiger partial charge in [0.25, 0.3) is 35.4 Å². The van der Waals surface area contributed by atoms with Gasteiger partial charge in [-0.25, -0.2) is 15.0 Å². The summed E-state index contributed by atoms with van der Waals surface area (Å²) in [6.07, 6.45) is 18.9. The highest BCUT2D eigenvalue weighted by molar-refractivity contribution is 6.42. The van der Waals surface area contributed by atoms with Gasteiger partial charge in [0, 0.05) is 90.3 Å². The van der Waals surface area contributed by atoms with E-state index in [9.17, 15) is 28.8 Å². The molecule has 532 valence electrons. The molecule has 3 aromatic heterocycles. The summed E-state index contributed by atoms with van der Waals surface area (Å²) in [6.45, 7) is 0. The number of hydrogen-bond donors (Lipinski definition) is 9. The lowest BCUT2D eigenvalue weighted by molar-refractivity contribution is 0.0917. The molecular weight excluding hydrogens is 1380 g/mol. The Morgan fingerprint density at radius 3 is 1.13 bits per heavy atom. The van der Waals surface area contributed by atoms with Crippen molar-refractivity contribution in [1.29, 1.82) is 0 Å². The van der Waals surface area contributed by atoms with Crippen LogP contribution in [0.1, 0.15) is 165 Å². The van der Waals surface area contributed by atoms with E-state index in [0.717, 1.165) is 93.5 Å². The maximum Gasteiger partial charge on any atom is 0.255 e. The predicted molar refractivity (Wildman–Crippen MR) is 417 cm³/mol. The number of nitrogens with one attached hydrogen (secondary N) is 9. The zero-order valence-electron chi connectivity index (χ0n) is 57.7. The van der Waals surface area contributed by atoms with E-state index in [4.69, 9.17) is 34.8 Å². The molecular formula is C84H79Cl3N12O6. The summed E-state index contributed by atoms with van der Waals surface area (Å²) in [5.74, 6) is 2.81. The fourth-order valence-electron chi connectivity index (χ4n) is 14.5. The van der Waals surface area contributed by atoms with Gasteiger partial charge < -0.3 is 46.9 Å². The molecule has 4 aliphatic rings. The summed E-state index contributed by atoms with van der Waals surface area (Å²) in [5.41, 5.74) is 12.8. The Morgan fingerprint density at radius 1 is 0.333 bits per heavy atom. The number of aromatic nitrogens is 6. The van der Waals surface area contributed by atoms with Crippen molar-refractivity contribution in [2.75, 3.05) is 16.0 Å². The number of para-hydroxylation sites is 1. The SMILES string of the molecule is O=C(Nc1ccc(Cl)c(Cl)c1)c1ccc(-c2nc3ccc(C(=O)NC4CCCCCC4)cc3[nH]2)cc1.O=C(Nc1ccc(Cl)cc1)c1ccc(-c2nc3ccc(C(=O)NC4CCCCCC4)cc3[nH]2)cc1.O=C(Nc1ccccc1)c1ccc2nc(-c3ccc(C(=O)NC4CC5CCC4C5)cc3)[nH]c2c1. The second-order valence-corrected chi connectivity index (χ2v) is 28.9. The van der Waals surface area contributed by atoms with Gasteiger partial charge in [0.2, 0.25) is 0 Å². The van der Waals surface area contributed by atoms with Crippen LogP contribution in [-0.4, -0.2) is 83.5 Å². The summed E-state index contributed by atoms with van der Waals surface area (Å²) in [7, 11) is 0. The minimum absolute atomic E-state index is 0.00257. The average molecular weight is 1460 g/mol. The predicted octanol–water partition coefficient (Wildman–Crippen LogP) is 19.2. The van der Waals surface area contributed by atoms with Gasteiger partial charge >= 0.3 is 0 Å². The van der Waals surface area contributed by atoms with E-state index in [1.165, 1.54) is 70.6 Å². The Bertz CT molecular complexity index is 5120. The molecule has 3 unspecified atom stereocenters. The number of nitrogens with zero attached hydrogens (tertiary/aromatic N) is 3. The first-order valence-electron chi connectivity index (χ1n) is 36.1. The Kier molecular flexibility index (Phi) is 22.2. The van der Waals surface area contributed by atoms with Crippen molar-refractivity contribution in [3.63, 3.8) is 0 Å². The summed E-state index contributed by atoms with van der Waals surface area (Å²) < 4.78 is 0. The standard InChI is InChI=1S/C28H26Cl2N4O2.C28H27ClN4O2.C28H26N4O2/c29-22-13-12-21(16-23(22)30)32-27(35)18-9-7-17(8-10-18)26-33-24-14-11-19(15-25(24)34-26)28(36)31-20-5-3-1-2-4-6-20;29-21-12-14-23(15-13-21)31-27(34)19-9-7-18(8-10-19)26-32-24-16-11-20(17-25(24)33-26)28(35)30-22-5-3-1-2-4-6-22;33-27(32-24-15-17-6-7-20(24)14-17)19-10-8-18(9-11-19)26-30-23-13-12-21(16-25(23)31-26)28(34)29-22-4-2-1-3-5-22/h7-16,20H,1-6H2,(H,31,36)(H,32,35)(H,33,34);7-17,22H,1-6H2,(H,30,35)(H,31,34)(H,32,33);1-5,8-13,16-17,20,24H,6-7,14-15H2,(H,29,34)(H,30,31)(H,32,33). The molecule has 2 bridgehead atoms. The van der Waals surface area contributed by atoms with Crippen LogP contribution >= 0.6 is 34.8 Å². The van der Waals surface area contributed by atoms with E-state index in [1.54, 1.807) is 78.9 Å². The molecule has 18 nitrogen and oxygen atoms in total. The fraction of sp³-hybridized carbons (Fsp3) is 0.250. The van der Waals surface area contributed by atoms with Gasteiger partial charge in [0.1, 0.15) is 17.5 Å². The molecule has 3 atom stereocenters. The normalized spacial score (nSPS) is 16.5. The van der Waals surface area contributed by atoms with Crippen LogP contribution in [0.15, 0.2) is 200 Å². The fourth-order valence-corrected chi connectivity index (χ4v) is 14.9. The van der Waals surface area contributed by atoms with Crippen LogP contribution in [-0.2, 0) is 0 Å². The number of halogens is 3. The molecule has 12 aromatic rings. The zero-order valence-corrected chi connectivity index (χ0v) is 59.9. The Balaban J connectivity index is 0.000000133. The summed E-state index contributed by atoms with van der Waals surface area (Å²) in [5, 5.41) is 19.6. The van der Waals surface area contributed by atoms with Crippen LogP contribution in [0.2, 0.25) is 15.1 Å². The quantitative estimate of drug-likeness (QED) is 0.0442. The van der Waals surface area contributed by atoms with Gasteiger partial charge in [-0.1, -0.05) is 147 Å². The number of benzene rings is 9. The number of rotatable bonds is 15. The third-order valence-electron chi connectivity index (χ3n) is 20.2. The van der Waals surface area contributed by atoms with Crippen LogP contribution in [0.5, 0.6) is 0 Å². The minimum Gasteiger partial charge on any atom is -0.349 e. The second-order valence-electron chi connectivity index (χ2n) is 27.6. The molecule has 4 fully saturated rings. The van der Waals surface area contributed by atoms with Crippen molar-refractivity contribution in [3.8, 4) is 34.2 Å². The average Bonchev–Trinajstić information content (AvgIpc) is 1.68. The molecule has 9 aromatic carbocycles. The zero-order chi connectivity index (χ0) is 72.3. The van der Waals surface area contributed by atoms with E-state index < -0.39 is 0 Å². The van der Waals surface area contributed by atoms with Crippen LogP contribution in [0.4, 0.5) is 17.1 Å². The topological polar surface area (TPSA) is 261 Å². The lowest BCUT2D eigenvalue weighted by Gasteiger charge is -2.22. The summed E-state index contributed by atoms with van der Waals surface area (Å²) in [4.78, 5) is 100. The maximum absolute atomic E-state index is 12.8. The number of hydrogen-bond acceptors (Lipinski definition) is 9. The molecule has 105 heavy (non-hydrogen) atoms. The number of fused-ring (bicyclic) bond motifs is 5. The molecule has 9 N–H and O–H groups in total. The first kappa shape index (κ1) is 71.1. The molecule has 0 aliphatic heterocycles. The summed E-state index contributed by atoms with van der Waals surface area (Å²) >= 11 is 17.9. The van der Waals surface area contributed by atoms with E-state index >= 15 is 0 Å². The summed E-state index contributed by atoms with van der Waals surface area (Å²) in [6, 6.07) is 60.5. The number of carbonyl (C=O) groups excluding carboxylic acids is 6. The number of amides is 6. The van der Waals surface area contributed by atoms with Crippen LogP contribution in [0.25, 0.3) is 67.3 Å². The molecule has 0 saturated heterocycles. The van der Waals surface area contributed by atoms with Gasteiger partial charge in [-0.2, -0.15) is 0 Å². The molecule has 0 spiro atoms. The number of H-pyrrole nitrogens is 3. The number of carbonyl (C=O) groups is 6. The molecule has 4 aliphatic carbocycles. The molecule has 16 rings (SSSR count). The first-order valence-corrected chi connectivity index (χ1v) is 37.2. The van der Waals surface area contributed by atoms with Crippen molar-refractivity contribution >= 4 is 120 Å². The highest BCUT2D eigenvalue weighted by Gasteiger charge is 2.40. The monoisotopic (exact) mass is 1460 g/mol. The lowest BCUT2D eigenvalue weighted by Crippen LogP contribution is -2.38. The second kappa shape index (κ2) is 32.8. The largest absolute Gasteiger partial charge is 0.349 e. The van der Waals surface area contributed by atoms with Gasteiger partial charge in [0.05, 0.1) is 43.1 Å². The maximum atomic E-state index is 12.8. The van der Waals surface area contributed by atoms with E-state index in [1.807, 2.05) is 121 Å². The third-order valence-corrected chi connectivity index (χ3v) is 21.2. The van der Waals surface area contributed by atoms with Crippen molar-refractivity contribution < 1.29 is 28.8 Å². The van der Waals surface area contributed by atoms with Crippen molar-refractivity contribution in [1.82, 2.24) is 45.9 Å². The highest BCUT2D eigenvalue weighted by atomic mass is 35.5. The van der Waals surface area contributed by atoms with Gasteiger partial charge in [-0.05, 0) is 202 Å². The van der Waals surface area contributed by atoms with Crippen LogP contribution < -0.4 is 31.9 Å². The minimum atomic E-state index is -0.256. The third kappa shape index (κ3) is 17.8. The highest BCUT2D eigenvalue weighted by Crippen LogP contribution is 2.44. The Hall–Kier alpha value is -10.9. The van der Waals surface area contributed by atoms with Crippen molar-refractivity contribution in [3.05, 3.63) is 249 Å². The Labute approximate surface area is 622 Å². The lowest BCUT2D eigenvalue weighted by atomic mass is 9.95. The Morgan fingerprint density at radius 2 is 0.714 bits per heavy atom. The van der Waals surface area contributed by atoms with E-state index in [2.05, 4.69) is 61.8 Å². The van der Waals surface area contributed by atoms with Gasteiger partial charge in [-0.15, -0.1) is 0 Å². The van der Waals surface area contributed by atoms with Crippen LogP contribution in [0, 0.1) is 11.8 Å². The van der Waals surface area contributed by atoms with Crippen molar-refractivity contribution in [2.45, 2.75) is 121 Å². The van der Waals surface area contributed by atoms with Crippen molar-refractivity contribution in [2.24, 2.45) is 11.8 Å². The smallest absolute Gasteiger partial charge is 0.255 e.